The number of aryl methyl sites for hydroxylation is 1. The summed E-state index contributed by atoms with van der Waals surface area (Å²) in [6.45, 7) is 1.81. The van der Waals surface area contributed by atoms with Crippen molar-refractivity contribution in [1.82, 2.24) is 19.7 Å². The number of cyclic esters (lactones) is 1. The van der Waals surface area contributed by atoms with E-state index < -0.39 is 18.2 Å². The molecule has 2 amide bonds. The molecule has 3 aromatic rings. The molecule has 0 aliphatic carbocycles. The minimum Gasteiger partial charge on any atom is -0.433 e. The maximum atomic E-state index is 13.2. The average molecular weight is 417 g/mol. The van der Waals surface area contributed by atoms with Gasteiger partial charge in [0.15, 0.2) is 5.82 Å². The maximum Gasteiger partial charge on any atom is 0.340 e. The Morgan fingerprint density at radius 1 is 1.16 bits per heavy atom. The first kappa shape index (κ1) is 19.0. The fourth-order valence-electron chi connectivity index (χ4n) is 4.04. The number of carbonyl (C=O) groups excluding carboxylic acids is 3. The van der Waals surface area contributed by atoms with Crippen LogP contribution >= 0.6 is 0 Å². The Morgan fingerprint density at radius 3 is 2.77 bits per heavy atom. The van der Waals surface area contributed by atoms with E-state index in [4.69, 9.17) is 4.74 Å². The van der Waals surface area contributed by atoms with E-state index in [0.29, 0.717) is 34.9 Å². The summed E-state index contributed by atoms with van der Waals surface area (Å²) in [6.07, 6.45) is 1.27. The lowest BCUT2D eigenvalue weighted by Gasteiger charge is -2.29. The molecule has 1 saturated heterocycles. The standard InChI is InChI=1S/C22H19N5O4/c1-13-12-18(27(25-13)17-8-4-5-11-23-17)24-20(29)16-9-10-19(28)26(16)21-14-6-2-3-7-15(14)22(30)31-21/h2-8,11-12,16,21H,9-10H2,1H3,(H,24,29)/t16-,21+/m0/s1. The fraction of sp³-hybridized carbons (Fsp3) is 0.227. The number of esters is 1. The third-order valence-corrected chi connectivity index (χ3v) is 5.43. The number of nitrogens with zero attached hydrogens (tertiary/aromatic N) is 4. The molecule has 2 aliphatic heterocycles. The van der Waals surface area contributed by atoms with E-state index in [0.717, 1.165) is 0 Å². The lowest BCUT2D eigenvalue weighted by atomic mass is 10.1. The molecule has 2 aliphatic rings. The van der Waals surface area contributed by atoms with Crippen LogP contribution in [0, 0.1) is 6.92 Å². The van der Waals surface area contributed by atoms with Crippen molar-refractivity contribution in [2.45, 2.75) is 32.0 Å². The highest BCUT2D eigenvalue weighted by Crippen LogP contribution is 2.38. The first-order valence-electron chi connectivity index (χ1n) is 9.93. The minimum atomic E-state index is -0.906. The maximum absolute atomic E-state index is 13.2. The van der Waals surface area contributed by atoms with Crippen LogP contribution in [0.1, 0.15) is 40.7 Å². The van der Waals surface area contributed by atoms with Crippen LogP contribution in [0.5, 0.6) is 0 Å². The Balaban J connectivity index is 1.43. The molecule has 4 heterocycles. The highest BCUT2D eigenvalue weighted by Gasteiger charge is 2.46. The van der Waals surface area contributed by atoms with Gasteiger partial charge in [-0.05, 0) is 31.5 Å². The van der Waals surface area contributed by atoms with Gasteiger partial charge < -0.3 is 10.1 Å². The van der Waals surface area contributed by atoms with Gasteiger partial charge >= 0.3 is 5.97 Å². The third-order valence-electron chi connectivity index (χ3n) is 5.43. The summed E-state index contributed by atoms with van der Waals surface area (Å²) < 4.78 is 7.01. The molecule has 9 heteroatoms. The van der Waals surface area contributed by atoms with E-state index >= 15 is 0 Å². The Labute approximate surface area is 177 Å². The number of anilines is 1. The van der Waals surface area contributed by atoms with Crippen LogP contribution < -0.4 is 5.32 Å². The van der Waals surface area contributed by atoms with Crippen molar-refractivity contribution < 1.29 is 19.1 Å². The van der Waals surface area contributed by atoms with Crippen LogP contribution in [0.4, 0.5) is 5.82 Å². The van der Waals surface area contributed by atoms with E-state index in [1.165, 1.54) is 4.90 Å². The molecule has 2 atom stereocenters. The largest absolute Gasteiger partial charge is 0.433 e. The zero-order valence-corrected chi connectivity index (χ0v) is 16.7. The number of aromatic nitrogens is 3. The predicted molar refractivity (Wildman–Crippen MR) is 109 cm³/mol. The van der Waals surface area contributed by atoms with Crippen molar-refractivity contribution in [1.29, 1.82) is 0 Å². The molecule has 0 spiro atoms. The molecule has 5 rings (SSSR count). The highest BCUT2D eigenvalue weighted by atomic mass is 16.6. The van der Waals surface area contributed by atoms with Gasteiger partial charge in [0.1, 0.15) is 11.9 Å². The molecule has 1 fully saturated rings. The van der Waals surface area contributed by atoms with Crippen LogP contribution in [0.3, 0.4) is 0 Å². The summed E-state index contributed by atoms with van der Waals surface area (Å²) in [6, 6.07) is 13.3. The second kappa shape index (κ2) is 7.35. The molecule has 0 saturated carbocycles. The lowest BCUT2D eigenvalue weighted by Crippen LogP contribution is -2.44. The summed E-state index contributed by atoms with van der Waals surface area (Å²) in [5.74, 6) is -0.0936. The van der Waals surface area contributed by atoms with Gasteiger partial charge in [0.25, 0.3) is 0 Å². The number of hydrogen-bond donors (Lipinski definition) is 1. The molecular weight excluding hydrogens is 398 g/mol. The average Bonchev–Trinajstić information content (AvgIpc) is 3.44. The summed E-state index contributed by atoms with van der Waals surface area (Å²) >= 11 is 0. The van der Waals surface area contributed by atoms with E-state index in [2.05, 4.69) is 15.4 Å². The molecule has 0 unspecified atom stereocenters. The number of amides is 2. The molecule has 2 aromatic heterocycles. The van der Waals surface area contributed by atoms with Crippen LogP contribution in [-0.4, -0.2) is 43.5 Å². The SMILES string of the molecule is Cc1cc(NC(=O)[C@@H]2CCC(=O)N2[C@@H]2OC(=O)c3ccccc32)n(-c2ccccn2)n1. The van der Waals surface area contributed by atoms with Gasteiger partial charge in [-0.15, -0.1) is 0 Å². The molecule has 9 nitrogen and oxygen atoms in total. The predicted octanol–water partition coefficient (Wildman–Crippen LogP) is 2.37. The summed E-state index contributed by atoms with van der Waals surface area (Å²) in [5.41, 5.74) is 1.71. The van der Waals surface area contributed by atoms with Crippen LogP contribution in [0.2, 0.25) is 0 Å². The number of benzene rings is 1. The molecule has 1 aromatic carbocycles. The van der Waals surface area contributed by atoms with Crippen molar-refractivity contribution in [3.05, 3.63) is 71.5 Å². The number of rotatable bonds is 4. The quantitative estimate of drug-likeness (QED) is 0.654. The Hall–Kier alpha value is -4.01. The van der Waals surface area contributed by atoms with E-state index in [1.807, 2.05) is 13.0 Å². The number of carbonyl (C=O) groups is 3. The Morgan fingerprint density at radius 2 is 1.97 bits per heavy atom. The van der Waals surface area contributed by atoms with Crippen LogP contribution in [0.15, 0.2) is 54.7 Å². The zero-order chi connectivity index (χ0) is 21.5. The van der Waals surface area contributed by atoms with Crippen molar-refractivity contribution >= 4 is 23.6 Å². The van der Waals surface area contributed by atoms with E-state index in [1.54, 1.807) is 53.3 Å². The number of ether oxygens (including phenoxy) is 1. The molecule has 156 valence electrons. The van der Waals surface area contributed by atoms with Gasteiger partial charge in [-0.1, -0.05) is 24.3 Å². The summed E-state index contributed by atoms with van der Waals surface area (Å²) in [5, 5.41) is 7.27. The van der Waals surface area contributed by atoms with E-state index in [9.17, 15) is 14.4 Å². The first-order valence-corrected chi connectivity index (χ1v) is 9.93. The molecular formula is C22H19N5O4. The van der Waals surface area contributed by atoms with Crippen molar-refractivity contribution in [2.24, 2.45) is 0 Å². The zero-order valence-electron chi connectivity index (χ0n) is 16.7. The van der Waals surface area contributed by atoms with Gasteiger partial charge in [-0.25, -0.2) is 9.78 Å². The summed E-state index contributed by atoms with van der Waals surface area (Å²) in [7, 11) is 0. The monoisotopic (exact) mass is 417 g/mol. The van der Waals surface area contributed by atoms with E-state index in [-0.39, 0.29) is 18.2 Å². The topological polar surface area (TPSA) is 106 Å². The minimum absolute atomic E-state index is 0.201. The first-order chi connectivity index (χ1) is 15.0. The smallest absolute Gasteiger partial charge is 0.340 e. The molecule has 1 N–H and O–H groups in total. The van der Waals surface area contributed by atoms with Crippen LogP contribution in [0.25, 0.3) is 5.82 Å². The van der Waals surface area contributed by atoms with Crippen molar-refractivity contribution in [3.63, 3.8) is 0 Å². The number of hydrogen-bond acceptors (Lipinski definition) is 6. The van der Waals surface area contributed by atoms with Gasteiger partial charge in [0, 0.05) is 24.2 Å². The fourth-order valence-corrected chi connectivity index (χ4v) is 4.04. The molecule has 0 bridgehead atoms. The number of nitrogens with one attached hydrogen (secondary N) is 1. The van der Waals surface area contributed by atoms with Gasteiger partial charge in [0.05, 0.1) is 11.3 Å². The van der Waals surface area contributed by atoms with Crippen molar-refractivity contribution in [2.75, 3.05) is 5.32 Å². The highest BCUT2D eigenvalue weighted by molar-refractivity contribution is 6.00. The van der Waals surface area contributed by atoms with Gasteiger partial charge in [0.2, 0.25) is 18.0 Å². The lowest BCUT2D eigenvalue weighted by molar-refractivity contribution is -0.144. The number of likely N-dealkylation sites (tertiary alicyclic amines) is 1. The second-order valence-electron chi connectivity index (χ2n) is 7.46. The third kappa shape index (κ3) is 3.24. The van der Waals surface area contributed by atoms with Gasteiger partial charge in [-0.2, -0.15) is 9.78 Å². The second-order valence-corrected chi connectivity index (χ2v) is 7.46. The van der Waals surface area contributed by atoms with Crippen LogP contribution in [-0.2, 0) is 14.3 Å². The molecule has 0 radical (unpaired) electrons. The number of fused-ring (bicyclic) bond motifs is 1. The molecule has 31 heavy (non-hydrogen) atoms. The normalized spacial score (nSPS) is 20.0. The van der Waals surface area contributed by atoms with Crippen molar-refractivity contribution in [3.8, 4) is 5.82 Å². The Kier molecular flexibility index (Phi) is 4.50. The van der Waals surface area contributed by atoms with Gasteiger partial charge in [-0.3, -0.25) is 14.5 Å². The Bertz CT molecular complexity index is 1190. The summed E-state index contributed by atoms with van der Waals surface area (Å²) in [4.78, 5) is 43.8. The number of pyridine rings is 1.